The van der Waals surface area contributed by atoms with E-state index in [9.17, 15) is 15.2 Å². The number of pyridine rings is 1. The quantitative estimate of drug-likeness (QED) is 0.539. The number of aryl methyl sites for hydroxylation is 1. The van der Waals surface area contributed by atoms with Crippen molar-refractivity contribution in [3.63, 3.8) is 0 Å². The molecule has 6 nitrogen and oxygen atoms in total. The summed E-state index contributed by atoms with van der Waals surface area (Å²) in [4.78, 5) is 17.6. The first-order chi connectivity index (χ1) is 13.0. The van der Waals surface area contributed by atoms with Gasteiger partial charge < -0.3 is 10.4 Å². The molecule has 0 atom stereocenters. The molecule has 0 fully saturated rings. The molecule has 0 aliphatic heterocycles. The molecule has 0 aliphatic rings. The van der Waals surface area contributed by atoms with Gasteiger partial charge in [-0.25, -0.2) is 4.98 Å². The Hall–Kier alpha value is -3.85. The summed E-state index contributed by atoms with van der Waals surface area (Å²) in [5.41, 5.74) is 3.76. The summed E-state index contributed by atoms with van der Waals surface area (Å²) >= 11 is 0. The Kier molecular flexibility index (Phi) is 3.78. The normalized spacial score (nSPS) is 11.8. The maximum Gasteiger partial charge on any atom is 0.265 e. The molecule has 2 aromatic carbocycles. The largest absolute Gasteiger partial charge is 0.506 e. The van der Waals surface area contributed by atoms with Crippen LogP contribution in [0.15, 0.2) is 47.3 Å². The van der Waals surface area contributed by atoms with E-state index >= 15 is 0 Å². The van der Waals surface area contributed by atoms with E-state index in [0.29, 0.717) is 38.7 Å². The molecule has 27 heavy (non-hydrogen) atoms. The smallest absolute Gasteiger partial charge is 0.265 e. The van der Waals surface area contributed by atoms with Crippen LogP contribution in [0.4, 0.5) is 5.69 Å². The number of hydrogen-bond acceptors (Lipinski definition) is 5. The first kappa shape index (κ1) is 16.6. The summed E-state index contributed by atoms with van der Waals surface area (Å²) in [6.07, 6.45) is 1.53. The van der Waals surface area contributed by atoms with Crippen LogP contribution in [-0.4, -0.2) is 14.5 Å². The van der Waals surface area contributed by atoms with Crippen LogP contribution in [0.25, 0.3) is 22.9 Å². The number of para-hydroxylation sites is 2. The minimum atomic E-state index is -0.269. The highest BCUT2D eigenvalue weighted by atomic mass is 16.3. The lowest BCUT2D eigenvalue weighted by Gasteiger charge is -2.06. The van der Waals surface area contributed by atoms with Crippen LogP contribution in [0.5, 0.6) is 5.75 Å². The van der Waals surface area contributed by atoms with Gasteiger partial charge in [-0.05, 0) is 49.2 Å². The minimum absolute atomic E-state index is 0.0802. The van der Waals surface area contributed by atoms with Crippen molar-refractivity contribution in [3.8, 4) is 11.8 Å². The minimum Gasteiger partial charge on any atom is -0.506 e. The molecule has 0 unspecified atom stereocenters. The highest BCUT2D eigenvalue weighted by Crippen LogP contribution is 2.24. The lowest BCUT2D eigenvalue weighted by molar-refractivity contribution is 0.477. The van der Waals surface area contributed by atoms with E-state index in [0.717, 1.165) is 5.56 Å². The number of benzene rings is 2. The van der Waals surface area contributed by atoms with Crippen molar-refractivity contribution < 1.29 is 5.11 Å². The van der Waals surface area contributed by atoms with E-state index in [1.807, 2.05) is 25.1 Å². The fourth-order valence-corrected chi connectivity index (χ4v) is 3.20. The van der Waals surface area contributed by atoms with Gasteiger partial charge in [-0.2, -0.15) is 5.26 Å². The zero-order chi connectivity index (χ0) is 19.1. The second kappa shape index (κ2) is 6.15. The Morgan fingerprint density at radius 1 is 1.22 bits per heavy atom. The molecule has 0 saturated heterocycles. The topological polar surface area (TPSA) is 90.4 Å². The summed E-state index contributed by atoms with van der Waals surface area (Å²) in [7, 11) is 0. The molecule has 132 valence electrons. The zero-order valence-electron chi connectivity index (χ0n) is 14.8. The predicted octanol–water partition coefficient (Wildman–Crippen LogP) is 2.61. The van der Waals surface area contributed by atoms with Crippen LogP contribution in [0.2, 0.25) is 0 Å². The number of anilines is 1. The number of hydrogen-bond donors (Lipinski definition) is 2. The molecule has 0 spiro atoms. The van der Waals surface area contributed by atoms with Gasteiger partial charge in [0.1, 0.15) is 11.8 Å². The molecular formula is C21H16N4O2. The number of rotatable bonds is 2. The number of fused-ring (bicyclic) bond motifs is 3. The van der Waals surface area contributed by atoms with Gasteiger partial charge >= 0.3 is 0 Å². The Labute approximate surface area is 154 Å². The Morgan fingerprint density at radius 3 is 2.78 bits per heavy atom. The van der Waals surface area contributed by atoms with Gasteiger partial charge in [-0.3, -0.25) is 9.20 Å². The van der Waals surface area contributed by atoms with E-state index in [1.165, 1.54) is 10.6 Å². The van der Waals surface area contributed by atoms with E-state index in [-0.39, 0.29) is 11.3 Å². The van der Waals surface area contributed by atoms with Gasteiger partial charge in [-0.15, -0.1) is 0 Å². The monoisotopic (exact) mass is 356 g/mol. The molecule has 0 bridgehead atoms. The lowest BCUT2D eigenvalue weighted by Crippen LogP contribution is -2.34. The average molecular weight is 356 g/mol. The Balaban J connectivity index is 2.03. The molecule has 0 amide bonds. The second-order valence-corrected chi connectivity index (χ2v) is 6.40. The number of nitriles is 1. The van der Waals surface area contributed by atoms with Gasteiger partial charge in [0.05, 0.1) is 27.5 Å². The van der Waals surface area contributed by atoms with Crippen LogP contribution in [-0.2, 0) is 0 Å². The van der Waals surface area contributed by atoms with Gasteiger partial charge in [0.15, 0.2) is 5.65 Å². The van der Waals surface area contributed by atoms with Crippen molar-refractivity contribution in [2.24, 2.45) is 0 Å². The first-order valence-corrected chi connectivity index (χ1v) is 8.41. The number of phenolic OH excluding ortho intramolecular Hbond substituents is 1. The summed E-state index contributed by atoms with van der Waals surface area (Å²) in [6.45, 7) is 3.63. The number of imidazole rings is 1. The third-order valence-corrected chi connectivity index (χ3v) is 4.63. The molecule has 2 N–H and O–H groups in total. The van der Waals surface area contributed by atoms with E-state index in [1.54, 1.807) is 31.2 Å². The van der Waals surface area contributed by atoms with Crippen molar-refractivity contribution in [3.05, 3.63) is 74.7 Å². The third kappa shape index (κ3) is 2.57. The molecule has 4 rings (SSSR count). The highest BCUT2D eigenvalue weighted by Gasteiger charge is 2.16. The van der Waals surface area contributed by atoms with Crippen molar-refractivity contribution in [2.75, 3.05) is 5.32 Å². The Morgan fingerprint density at radius 2 is 2.00 bits per heavy atom. The van der Waals surface area contributed by atoms with E-state index in [2.05, 4.69) is 16.4 Å². The van der Waals surface area contributed by atoms with Gasteiger partial charge in [-0.1, -0.05) is 18.2 Å². The average Bonchev–Trinajstić information content (AvgIpc) is 3.04. The summed E-state index contributed by atoms with van der Waals surface area (Å²) in [6, 6.07) is 14.6. The SMILES string of the molecule is Cc1ccc(O)c(N/C=c2\c(C)c(C#N)c3nc4ccccc4n3c2=O)c1. The maximum atomic E-state index is 13.1. The fraction of sp³-hybridized carbons (Fsp3) is 0.0952. The standard InChI is InChI=1S/C21H16N4O2/c1-12-7-8-19(26)17(9-12)23-11-15-13(2)14(10-22)20-24-16-5-3-4-6-18(16)25(20)21(15)27/h3-9,11,23,26H,1-2H3/b15-11+. The number of aromatic nitrogens is 2. The molecule has 2 aromatic heterocycles. The van der Waals surface area contributed by atoms with Gasteiger partial charge in [0, 0.05) is 6.20 Å². The van der Waals surface area contributed by atoms with Crippen LogP contribution in [0.1, 0.15) is 16.7 Å². The summed E-state index contributed by atoms with van der Waals surface area (Å²) in [5, 5.41) is 23.0. The number of phenols is 1. The van der Waals surface area contributed by atoms with Crippen molar-refractivity contribution in [2.45, 2.75) is 13.8 Å². The van der Waals surface area contributed by atoms with E-state index < -0.39 is 0 Å². The molecule has 4 aromatic rings. The van der Waals surface area contributed by atoms with Crippen molar-refractivity contribution in [1.82, 2.24) is 9.38 Å². The lowest BCUT2D eigenvalue weighted by atomic mass is 10.1. The van der Waals surface area contributed by atoms with Crippen LogP contribution in [0, 0.1) is 25.2 Å². The second-order valence-electron chi connectivity index (χ2n) is 6.40. The summed E-state index contributed by atoms with van der Waals surface area (Å²) in [5.74, 6) is 0.0802. The van der Waals surface area contributed by atoms with Gasteiger partial charge in [0.25, 0.3) is 5.56 Å². The van der Waals surface area contributed by atoms with E-state index in [4.69, 9.17) is 0 Å². The molecule has 0 saturated carbocycles. The number of nitrogens with one attached hydrogen (secondary N) is 1. The molecule has 6 heteroatoms. The van der Waals surface area contributed by atoms with Gasteiger partial charge in [0.2, 0.25) is 0 Å². The first-order valence-electron chi connectivity index (χ1n) is 8.41. The molecule has 0 radical (unpaired) electrons. The predicted molar refractivity (Wildman–Crippen MR) is 105 cm³/mol. The van der Waals surface area contributed by atoms with Crippen molar-refractivity contribution >= 4 is 28.6 Å². The highest BCUT2D eigenvalue weighted by molar-refractivity contribution is 5.82. The van der Waals surface area contributed by atoms with Crippen molar-refractivity contribution in [1.29, 1.82) is 5.26 Å². The molecular weight excluding hydrogens is 340 g/mol. The zero-order valence-corrected chi connectivity index (χ0v) is 14.8. The number of aromatic hydroxyl groups is 1. The number of nitrogens with zero attached hydrogens (tertiary/aromatic N) is 3. The molecule has 2 heterocycles. The summed E-state index contributed by atoms with van der Waals surface area (Å²) < 4.78 is 1.46. The maximum absolute atomic E-state index is 13.1. The third-order valence-electron chi connectivity index (χ3n) is 4.63. The fourth-order valence-electron chi connectivity index (χ4n) is 3.20. The van der Waals surface area contributed by atoms with Crippen LogP contribution < -0.4 is 16.1 Å². The Bertz CT molecular complexity index is 1360. The van der Waals surface area contributed by atoms with Crippen LogP contribution in [0.3, 0.4) is 0 Å². The molecule has 0 aliphatic carbocycles. The van der Waals surface area contributed by atoms with Crippen LogP contribution >= 0.6 is 0 Å².